The third-order valence-corrected chi connectivity index (χ3v) is 3.74. The number of nitrogens with zero attached hydrogens (tertiary/aromatic N) is 1. The molecular formula is C12H28N2OS2. The van der Waals surface area contributed by atoms with E-state index in [2.05, 4.69) is 25.9 Å². The molecule has 0 aromatic heterocycles. The summed E-state index contributed by atoms with van der Waals surface area (Å²) in [6.07, 6.45) is 2.05. The Morgan fingerprint density at radius 3 is 2.18 bits per heavy atom. The minimum atomic E-state index is 0.383. The van der Waals surface area contributed by atoms with Gasteiger partial charge in [0, 0.05) is 6.04 Å². The molecule has 0 fully saturated rings. The van der Waals surface area contributed by atoms with Gasteiger partial charge in [0.15, 0.2) is 0 Å². The molecule has 3 N–H and O–H groups in total. The number of hydrogen-bond donors (Lipinski definition) is 2. The summed E-state index contributed by atoms with van der Waals surface area (Å²) >= 11 is 3.82. The van der Waals surface area contributed by atoms with E-state index in [1.165, 1.54) is 11.5 Å². The van der Waals surface area contributed by atoms with Crippen LogP contribution in [-0.4, -0.2) is 40.0 Å². The Bertz CT molecular complexity index is 176. The van der Waals surface area contributed by atoms with E-state index in [-0.39, 0.29) is 0 Å². The molecule has 0 aliphatic heterocycles. The Morgan fingerprint density at radius 2 is 1.76 bits per heavy atom. The number of thioether (sulfide) groups is 2. The molecule has 17 heavy (non-hydrogen) atoms. The molecule has 1 unspecified atom stereocenters. The summed E-state index contributed by atoms with van der Waals surface area (Å²) in [4.78, 5) is 0. The van der Waals surface area contributed by atoms with Crippen molar-refractivity contribution in [2.75, 3.05) is 23.0 Å². The number of rotatable bonds is 8. The highest BCUT2D eigenvalue weighted by Crippen LogP contribution is 2.02. The second-order valence-corrected chi connectivity index (χ2v) is 6.53. The highest BCUT2D eigenvalue weighted by molar-refractivity contribution is 7.99. The van der Waals surface area contributed by atoms with Gasteiger partial charge in [-0.05, 0) is 49.7 Å². The molecule has 0 rings (SSSR count). The monoisotopic (exact) mass is 280 g/mol. The molecule has 0 bridgehead atoms. The minimum absolute atomic E-state index is 0.383. The van der Waals surface area contributed by atoms with Crippen LogP contribution in [0, 0.1) is 0 Å². The van der Waals surface area contributed by atoms with Crippen LogP contribution in [0.5, 0.6) is 0 Å². The molecule has 0 saturated carbocycles. The summed E-state index contributed by atoms with van der Waals surface area (Å²) in [6.45, 7) is 8.17. The molecule has 0 saturated heterocycles. The summed E-state index contributed by atoms with van der Waals surface area (Å²) in [6, 6.07) is 0.383. The van der Waals surface area contributed by atoms with Crippen LogP contribution in [0.4, 0.5) is 0 Å². The number of hydrogen-bond acceptors (Lipinski definition) is 5. The first-order valence-electron chi connectivity index (χ1n) is 6.17. The lowest BCUT2D eigenvalue weighted by Gasteiger charge is -2.01. The van der Waals surface area contributed by atoms with Gasteiger partial charge in [-0.3, -0.25) is 0 Å². The molecule has 3 nitrogen and oxygen atoms in total. The predicted molar refractivity (Wildman–Crippen MR) is 83.8 cm³/mol. The molecule has 0 radical (unpaired) electrons. The van der Waals surface area contributed by atoms with E-state index in [1.54, 1.807) is 0 Å². The Morgan fingerprint density at radius 1 is 1.24 bits per heavy atom. The SMILES string of the molecule is CCSCC/C(C)=N/O.CCSCCC(C)N. The maximum atomic E-state index is 8.21. The van der Waals surface area contributed by atoms with Gasteiger partial charge in [0.2, 0.25) is 0 Å². The second kappa shape index (κ2) is 16.1. The Labute approximate surface area is 115 Å². The van der Waals surface area contributed by atoms with Gasteiger partial charge in [-0.15, -0.1) is 0 Å². The first-order chi connectivity index (χ1) is 8.08. The van der Waals surface area contributed by atoms with Crippen LogP contribution in [0.1, 0.15) is 40.5 Å². The van der Waals surface area contributed by atoms with E-state index < -0.39 is 0 Å². The van der Waals surface area contributed by atoms with Gasteiger partial charge in [0.1, 0.15) is 0 Å². The van der Waals surface area contributed by atoms with Gasteiger partial charge in [-0.2, -0.15) is 23.5 Å². The topological polar surface area (TPSA) is 58.6 Å². The fraction of sp³-hybridized carbons (Fsp3) is 0.917. The van der Waals surface area contributed by atoms with E-state index >= 15 is 0 Å². The van der Waals surface area contributed by atoms with Crippen LogP contribution in [0.15, 0.2) is 5.16 Å². The fourth-order valence-electron chi connectivity index (χ4n) is 0.828. The van der Waals surface area contributed by atoms with Crippen molar-refractivity contribution in [2.24, 2.45) is 10.9 Å². The highest BCUT2D eigenvalue weighted by Gasteiger charge is 1.91. The predicted octanol–water partition coefficient (Wildman–Crippen LogP) is 3.46. The van der Waals surface area contributed by atoms with Gasteiger partial charge in [0.25, 0.3) is 0 Å². The summed E-state index contributed by atoms with van der Waals surface area (Å²) in [7, 11) is 0. The van der Waals surface area contributed by atoms with Gasteiger partial charge < -0.3 is 10.9 Å². The largest absolute Gasteiger partial charge is 0.411 e. The molecule has 5 heteroatoms. The van der Waals surface area contributed by atoms with E-state index in [1.807, 2.05) is 30.4 Å². The third kappa shape index (κ3) is 21.9. The second-order valence-electron chi connectivity index (χ2n) is 3.75. The van der Waals surface area contributed by atoms with Gasteiger partial charge >= 0.3 is 0 Å². The lowest BCUT2D eigenvalue weighted by atomic mass is 10.3. The van der Waals surface area contributed by atoms with Crippen LogP contribution >= 0.6 is 23.5 Å². The maximum absolute atomic E-state index is 8.21. The lowest BCUT2D eigenvalue weighted by Crippen LogP contribution is -2.15. The van der Waals surface area contributed by atoms with Crippen LogP contribution in [0.3, 0.4) is 0 Å². The van der Waals surface area contributed by atoms with Crippen molar-refractivity contribution in [1.82, 2.24) is 0 Å². The van der Waals surface area contributed by atoms with E-state index in [0.29, 0.717) is 6.04 Å². The summed E-state index contributed by atoms with van der Waals surface area (Å²) in [5.41, 5.74) is 6.34. The van der Waals surface area contributed by atoms with Crippen molar-refractivity contribution in [3.05, 3.63) is 0 Å². The zero-order valence-corrected chi connectivity index (χ0v) is 13.2. The first kappa shape index (κ1) is 19.5. The molecule has 0 spiro atoms. The van der Waals surface area contributed by atoms with Crippen molar-refractivity contribution in [2.45, 2.75) is 46.6 Å². The van der Waals surface area contributed by atoms with Gasteiger partial charge in [-0.1, -0.05) is 19.0 Å². The summed E-state index contributed by atoms with van der Waals surface area (Å²) in [5.74, 6) is 4.63. The molecule has 0 aromatic rings. The summed E-state index contributed by atoms with van der Waals surface area (Å²) < 4.78 is 0. The zero-order valence-electron chi connectivity index (χ0n) is 11.6. The van der Waals surface area contributed by atoms with Crippen molar-refractivity contribution in [1.29, 1.82) is 0 Å². The Balaban J connectivity index is 0. The van der Waals surface area contributed by atoms with Crippen molar-refractivity contribution >= 4 is 29.2 Å². The molecule has 0 heterocycles. The molecule has 1 atom stereocenters. The van der Waals surface area contributed by atoms with E-state index in [0.717, 1.165) is 30.1 Å². The summed E-state index contributed by atoms with van der Waals surface area (Å²) in [5, 5.41) is 11.3. The average molecular weight is 281 g/mol. The quantitative estimate of drug-likeness (QED) is 0.309. The molecule has 0 aliphatic carbocycles. The normalized spacial score (nSPS) is 12.9. The molecule has 0 aliphatic rings. The number of nitrogens with two attached hydrogens (primary N) is 1. The van der Waals surface area contributed by atoms with Crippen LogP contribution in [-0.2, 0) is 0 Å². The van der Waals surface area contributed by atoms with E-state index in [4.69, 9.17) is 10.9 Å². The average Bonchev–Trinajstić information content (AvgIpc) is 2.30. The Kier molecular flexibility index (Phi) is 18.5. The van der Waals surface area contributed by atoms with Gasteiger partial charge in [0.05, 0.1) is 5.71 Å². The third-order valence-electron chi connectivity index (χ3n) is 1.90. The Hall–Kier alpha value is 0.130. The molecule has 0 amide bonds. The number of oxime groups is 1. The van der Waals surface area contributed by atoms with Crippen molar-refractivity contribution in [3.8, 4) is 0 Å². The molecule has 0 aromatic carbocycles. The first-order valence-corrected chi connectivity index (χ1v) is 8.47. The molecular weight excluding hydrogens is 252 g/mol. The smallest absolute Gasteiger partial charge is 0.0548 e. The zero-order chi connectivity index (χ0) is 13.5. The highest BCUT2D eigenvalue weighted by atomic mass is 32.2. The van der Waals surface area contributed by atoms with Crippen molar-refractivity contribution in [3.63, 3.8) is 0 Å². The van der Waals surface area contributed by atoms with Crippen LogP contribution in [0.2, 0.25) is 0 Å². The van der Waals surface area contributed by atoms with E-state index in [9.17, 15) is 0 Å². The standard InChI is InChI=1S/C6H13NOS.C6H15NS/c1-3-9-5-4-6(2)7-8;1-3-8-5-4-6(2)7/h8H,3-5H2,1-2H3;6H,3-5,7H2,1-2H3/b7-6+;. The van der Waals surface area contributed by atoms with Gasteiger partial charge in [-0.25, -0.2) is 0 Å². The maximum Gasteiger partial charge on any atom is 0.0548 e. The minimum Gasteiger partial charge on any atom is -0.411 e. The van der Waals surface area contributed by atoms with Crippen LogP contribution in [0.25, 0.3) is 0 Å². The fourth-order valence-corrected chi connectivity index (χ4v) is 2.38. The van der Waals surface area contributed by atoms with Crippen molar-refractivity contribution < 1.29 is 5.21 Å². The molecule has 104 valence electrons. The van der Waals surface area contributed by atoms with Crippen LogP contribution < -0.4 is 5.73 Å². The lowest BCUT2D eigenvalue weighted by molar-refractivity contribution is 0.317.